The normalized spacial score (nSPS) is 10.6. The van der Waals surface area contributed by atoms with Crippen LogP contribution in [0.2, 0.25) is 0 Å². The van der Waals surface area contributed by atoms with Gasteiger partial charge < -0.3 is 14.8 Å². The first kappa shape index (κ1) is 15.6. The lowest BCUT2D eigenvalue weighted by molar-refractivity contribution is -0.117. The van der Waals surface area contributed by atoms with Gasteiger partial charge in [0.2, 0.25) is 0 Å². The molecular weight excluding hydrogens is 256 g/mol. The smallest absolute Gasteiger partial charge is 0.261 e. The average molecular weight is 274 g/mol. The number of methoxy groups -OCH3 is 2. The predicted molar refractivity (Wildman–Crippen MR) is 76.4 cm³/mol. The van der Waals surface area contributed by atoms with Crippen LogP contribution in [0.1, 0.15) is 18.9 Å². The lowest BCUT2D eigenvalue weighted by atomic mass is 10.1. The van der Waals surface area contributed by atoms with Gasteiger partial charge >= 0.3 is 0 Å². The van der Waals surface area contributed by atoms with Crippen LogP contribution in [-0.4, -0.2) is 26.7 Å². The van der Waals surface area contributed by atoms with Crippen LogP contribution in [0, 0.1) is 11.3 Å². The number of amides is 1. The molecule has 0 aliphatic rings. The molecule has 106 valence electrons. The summed E-state index contributed by atoms with van der Waals surface area (Å²) >= 11 is 0. The molecule has 1 aromatic rings. The van der Waals surface area contributed by atoms with E-state index in [-0.39, 0.29) is 11.5 Å². The Morgan fingerprint density at radius 2 is 2.05 bits per heavy atom. The van der Waals surface area contributed by atoms with Crippen molar-refractivity contribution >= 4 is 12.0 Å². The van der Waals surface area contributed by atoms with Crippen LogP contribution in [0.4, 0.5) is 0 Å². The van der Waals surface area contributed by atoms with Crippen molar-refractivity contribution in [3.8, 4) is 17.6 Å². The first-order valence-electron chi connectivity index (χ1n) is 6.28. The summed E-state index contributed by atoms with van der Waals surface area (Å²) in [4.78, 5) is 11.8. The predicted octanol–water partition coefficient (Wildman–Crippen LogP) is 2.14. The van der Waals surface area contributed by atoms with Crippen molar-refractivity contribution < 1.29 is 14.3 Å². The minimum atomic E-state index is -0.371. The van der Waals surface area contributed by atoms with E-state index >= 15 is 0 Å². The Morgan fingerprint density at radius 3 is 2.60 bits per heavy atom. The van der Waals surface area contributed by atoms with E-state index < -0.39 is 0 Å². The number of hydrogen-bond acceptors (Lipinski definition) is 4. The summed E-state index contributed by atoms with van der Waals surface area (Å²) in [6, 6.07) is 7.10. The van der Waals surface area contributed by atoms with Gasteiger partial charge in [0.1, 0.15) is 11.6 Å². The zero-order chi connectivity index (χ0) is 15.0. The van der Waals surface area contributed by atoms with Gasteiger partial charge in [-0.15, -0.1) is 0 Å². The van der Waals surface area contributed by atoms with Crippen molar-refractivity contribution in [2.24, 2.45) is 0 Å². The molecular formula is C15H18N2O3. The molecule has 0 aliphatic carbocycles. The third kappa shape index (κ3) is 4.02. The Balaban J connectivity index is 3.01. The Hall–Kier alpha value is -2.48. The van der Waals surface area contributed by atoms with Gasteiger partial charge in [0, 0.05) is 6.54 Å². The molecule has 20 heavy (non-hydrogen) atoms. The van der Waals surface area contributed by atoms with E-state index in [2.05, 4.69) is 5.32 Å². The van der Waals surface area contributed by atoms with Crippen molar-refractivity contribution in [1.82, 2.24) is 5.32 Å². The van der Waals surface area contributed by atoms with Crippen LogP contribution in [-0.2, 0) is 4.79 Å². The van der Waals surface area contributed by atoms with Gasteiger partial charge in [0.25, 0.3) is 5.91 Å². The van der Waals surface area contributed by atoms with E-state index in [1.807, 2.05) is 13.0 Å². The van der Waals surface area contributed by atoms with Gasteiger partial charge in [-0.25, -0.2) is 0 Å². The highest BCUT2D eigenvalue weighted by Crippen LogP contribution is 2.28. The average Bonchev–Trinajstić information content (AvgIpc) is 2.49. The molecule has 5 nitrogen and oxygen atoms in total. The summed E-state index contributed by atoms with van der Waals surface area (Å²) in [5.74, 6) is 0.773. The minimum absolute atomic E-state index is 0.0608. The third-order valence-corrected chi connectivity index (χ3v) is 2.62. The number of hydrogen-bond donors (Lipinski definition) is 1. The summed E-state index contributed by atoms with van der Waals surface area (Å²) in [6.45, 7) is 2.49. The van der Waals surface area contributed by atoms with Crippen LogP contribution in [0.15, 0.2) is 23.8 Å². The second-order valence-electron chi connectivity index (χ2n) is 4.04. The van der Waals surface area contributed by atoms with Gasteiger partial charge in [0.05, 0.1) is 14.2 Å². The molecule has 1 aromatic carbocycles. The lowest BCUT2D eigenvalue weighted by Crippen LogP contribution is -2.25. The molecule has 0 unspecified atom stereocenters. The van der Waals surface area contributed by atoms with Gasteiger partial charge in [-0.2, -0.15) is 5.26 Å². The molecule has 1 amide bonds. The molecule has 0 heterocycles. The van der Waals surface area contributed by atoms with Crippen LogP contribution < -0.4 is 14.8 Å². The van der Waals surface area contributed by atoms with Crippen molar-refractivity contribution in [2.75, 3.05) is 20.8 Å². The number of carbonyl (C=O) groups excluding carboxylic acids is 1. The Kier molecular flexibility index (Phi) is 6.11. The fourth-order valence-corrected chi connectivity index (χ4v) is 1.59. The van der Waals surface area contributed by atoms with E-state index in [1.165, 1.54) is 13.2 Å². The van der Waals surface area contributed by atoms with Gasteiger partial charge in [-0.1, -0.05) is 13.0 Å². The minimum Gasteiger partial charge on any atom is -0.493 e. The van der Waals surface area contributed by atoms with Gasteiger partial charge in [0.15, 0.2) is 11.5 Å². The fourth-order valence-electron chi connectivity index (χ4n) is 1.59. The van der Waals surface area contributed by atoms with Crippen LogP contribution in [0.3, 0.4) is 0 Å². The second kappa shape index (κ2) is 7.85. The quantitative estimate of drug-likeness (QED) is 0.637. The van der Waals surface area contributed by atoms with E-state index in [4.69, 9.17) is 14.7 Å². The number of rotatable bonds is 6. The maximum atomic E-state index is 11.8. The monoisotopic (exact) mass is 274 g/mol. The molecule has 1 N–H and O–H groups in total. The first-order chi connectivity index (χ1) is 9.65. The largest absolute Gasteiger partial charge is 0.493 e. The maximum Gasteiger partial charge on any atom is 0.261 e. The van der Waals surface area contributed by atoms with Crippen LogP contribution in [0.25, 0.3) is 6.08 Å². The standard InChI is InChI=1S/C15H18N2O3/c1-4-7-17-15(18)12(10-16)8-11-5-6-13(19-2)14(9-11)20-3/h5-6,8-9H,4,7H2,1-3H3,(H,17,18)/b12-8+. The number of carbonyl (C=O) groups is 1. The fraction of sp³-hybridized carbons (Fsp3) is 0.333. The van der Waals surface area contributed by atoms with Crippen LogP contribution in [0.5, 0.6) is 11.5 Å². The zero-order valence-electron chi connectivity index (χ0n) is 11.9. The molecule has 0 saturated carbocycles. The summed E-state index contributed by atoms with van der Waals surface area (Å²) in [7, 11) is 3.08. The molecule has 0 radical (unpaired) electrons. The van der Waals surface area contributed by atoms with Crippen molar-refractivity contribution in [1.29, 1.82) is 5.26 Å². The highest BCUT2D eigenvalue weighted by molar-refractivity contribution is 6.01. The van der Waals surface area contributed by atoms with E-state index in [9.17, 15) is 4.79 Å². The molecule has 0 aromatic heterocycles. The molecule has 0 spiro atoms. The summed E-state index contributed by atoms with van der Waals surface area (Å²) in [6.07, 6.45) is 2.34. The number of nitriles is 1. The molecule has 0 aliphatic heterocycles. The van der Waals surface area contributed by atoms with Crippen molar-refractivity contribution in [3.05, 3.63) is 29.3 Å². The number of nitrogens with one attached hydrogen (secondary N) is 1. The topological polar surface area (TPSA) is 71.4 Å². The molecule has 0 atom stereocenters. The molecule has 0 fully saturated rings. The summed E-state index contributed by atoms with van der Waals surface area (Å²) in [5.41, 5.74) is 0.761. The highest BCUT2D eigenvalue weighted by Gasteiger charge is 2.09. The number of benzene rings is 1. The lowest BCUT2D eigenvalue weighted by Gasteiger charge is -2.08. The van der Waals surface area contributed by atoms with E-state index in [0.717, 1.165) is 6.42 Å². The van der Waals surface area contributed by atoms with Crippen molar-refractivity contribution in [3.63, 3.8) is 0 Å². The van der Waals surface area contributed by atoms with Gasteiger partial charge in [-0.05, 0) is 30.2 Å². The molecule has 5 heteroatoms. The Labute approximate surface area is 118 Å². The van der Waals surface area contributed by atoms with E-state index in [0.29, 0.717) is 23.6 Å². The molecule has 0 saturated heterocycles. The molecule has 1 rings (SSSR count). The SMILES string of the molecule is CCCNC(=O)/C(C#N)=C/c1ccc(OC)c(OC)c1. The first-order valence-corrected chi connectivity index (χ1v) is 6.28. The summed E-state index contributed by atoms with van der Waals surface area (Å²) < 4.78 is 10.3. The van der Waals surface area contributed by atoms with E-state index in [1.54, 1.807) is 25.3 Å². The van der Waals surface area contributed by atoms with Gasteiger partial charge in [-0.3, -0.25) is 4.79 Å². The highest BCUT2D eigenvalue weighted by atomic mass is 16.5. The number of ether oxygens (including phenoxy) is 2. The van der Waals surface area contributed by atoms with Crippen LogP contribution >= 0.6 is 0 Å². The second-order valence-corrected chi connectivity index (χ2v) is 4.04. The zero-order valence-corrected chi connectivity index (χ0v) is 11.9. The Morgan fingerprint density at radius 1 is 1.35 bits per heavy atom. The Bertz CT molecular complexity index is 545. The third-order valence-electron chi connectivity index (χ3n) is 2.62. The molecule has 0 bridgehead atoms. The summed E-state index contributed by atoms with van der Waals surface area (Å²) in [5, 5.41) is 11.7. The maximum absolute atomic E-state index is 11.8. The van der Waals surface area contributed by atoms with Crippen molar-refractivity contribution in [2.45, 2.75) is 13.3 Å². The number of nitrogens with zero attached hydrogens (tertiary/aromatic N) is 1.